The van der Waals surface area contributed by atoms with E-state index >= 15 is 0 Å². The number of nitrogens with one attached hydrogen (secondary N) is 2. The van der Waals surface area contributed by atoms with Crippen LogP contribution in [0.25, 0.3) is 0 Å². The first-order valence-electron chi connectivity index (χ1n) is 6.41. The molecule has 1 aliphatic rings. The van der Waals surface area contributed by atoms with E-state index < -0.39 is 11.7 Å². The van der Waals surface area contributed by atoms with E-state index in [2.05, 4.69) is 26.6 Å². The molecule has 21 heavy (non-hydrogen) atoms. The Labute approximate surface area is 129 Å². The minimum atomic E-state index is -0.490. The van der Waals surface area contributed by atoms with Crippen LogP contribution >= 0.6 is 15.9 Å². The van der Waals surface area contributed by atoms with Gasteiger partial charge in [-0.05, 0) is 30.3 Å². The van der Waals surface area contributed by atoms with Crippen LogP contribution in [0, 0.1) is 5.82 Å². The third-order valence-corrected chi connectivity index (χ3v) is 3.59. The zero-order chi connectivity index (χ0) is 14.8. The fourth-order valence-electron chi connectivity index (χ4n) is 2.13. The van der Waals surface area contributed by atoms with Crippen LogP contribution in [0.4, 0.5) is 15.8 Å². The van der Waals surface area contributed by atoms with Crippen molar-refractivity contribution >= 4 is 33.2 Å². The number of amides is 1. The van der Waals surface area contributed by atoms with Crippen LogP contribution in [0.1, 0.15) is 10.4 Å². The van der Waals surface area contributed by atoms with Gasteiger partial charge in [-0.3, -0.25) is 4.79 Å². The third-order valence-electron chi connectivity index (χ3n) is 3.10. The second kappa shape index (κ2) is 5.73. The standard InChI is InChI=1S/C15H12BrFN2O2/c16-9-4-5-11(17)13(8-9)19-15(20)10-2-1-3-12-14(10)21-7-6-18-12/h1-5,8,18H,6-7H2,(H,19,20). The first-order valence-corrected chi connectivity index (χ1v) is 7.20. The predicted octanol–water partition coefficient (Wildman–Crippen LogP) is 3.64. The van der Waals surface area contributed by atoms with E-state index in [4.69, 9.17) is 4.74 Å². The molecular weight excluding hydrogens is 339 g/mol. The molecule has 0 aliphatic carbocycles. The van der Waals surface area contributed by atoms with Gasteiger partial charge in [0, 0.05) is 11.0 Å². The molecule has 0 saturated carbocycles. The lowest BCUT2D eigenvalue weighted by molar-refractivity contribution is 0.102. The van der Waals surface area contributed by atoms with Crippen molar-refractivity contribution in [2.75, 3.05) is 23.8 Å². The predicted molar refractivity (Wildman–Crippen MR) is 82.5 cm³/mol. The summed E-state index contributed by atoms with van der Waals surface area (Å²) < 4.78 is 19.9. The van der Waals surface area contributed by atoms with Crippen molar-refractivity contribution in [2.45, 2.75) is 0 Å². The van der Waals surface area contributed by atoms with Gasteiger partial charge in [0.15, 0.2) is 5.75 Å². The highest BCUT2D eigenvalue weighted by molar-refractivity contribution is 9.10. The van der Waals surface area contributed by atoms with E-state index in [-0.39, 0.29) is 5.69 Å². The molecule has 0 atom stereocenters. The Balaban J connectivity index is 1.91. The van der Waals surface area contributed by atoms with Crippen molar-refractivity contribution in [3.05, 3.63) is 52.3 Å². The summed E-state index contributed by atoms with van der Waals surface area (Å²) in [5, 5.41) is 5.72. The number of benzene rings is 2. The Bertz CT molecular complexity index is 706. The van der Waals surface area contributed by atoms with Crippen LogP contribution in [0.15, 0.2) is 40.9 Å². The van der Waals surface area contributed by atoms with Gasteiger partial charge >= 0.3 is 0 Å². The number of halogens is 2. The molecule has 1 amide bonds. The Kier molecular flexibility index (Phi) is 3.79. The molecule has 0 saturated heterocycles. The van der Waals surface area contributed by atoms with Gasteiger partial charge in [0.1, 0.15) is 12.4 Å². The smallest absolute Gasteiger partial charge is 0.259 e. The molecule has 4 nitrogen and oxygen atoms in total. The van der Waals surface area contributed by atoms with Crippen LogP contribution in [-0.4, -0.2) is 19.1 Å². The molecule has 2 aromatic rings. The molecule has 0 fully saturated rings. The fraction of sp³-hybridized carbons (Fsp3) is 0.133. The SMILES string of the molecule is O=C(Nc1cc(Br)ccc1F)c1cccc2c1OCCN2. The molecule has 3 rings (SSSR count). The average Bonchev–Trinajstić information content (AvgIpc) is 2.50. The summed E-state index contributed by atoms with van der Waals surface area (Å²) in [7, 11) is 0. The summed E-state index contributed by atoms with van der Waals surface area (Å²) in [6.45, 7) is 1.18. The van der Waals surface area contributed by atoms with Crippen molar-refractivity contribution in [1.82, 2.24) is 0 Å². The lowest BCUT2D eigenvalue weighted by Gasteiger charge is -2.21. The Hall–Kier alpha value is -2.08. The van der Waals surface area contributed by atoms with E-state index in [1.54, 1.807) is 18.2 Å². The van der Waals surface area contributed by atoms with E-state index in [0.717, 1.165) is 5.69 Å². The molecule has 0 aromatic heterocycles. The highest BCUT2D eigenvalue weighted by Gasteiger charge is 2.19. The topological polar surface area (TPSA) is 50.4 Å². The molecule has 0 radical (unpaired) electrons. The lowest BCUT2D eigenvalue weighted by atomic mass is 10.1. The Morgan fingerprint density at radius 1 is 1.33 bits per heavy atom. The maximum absolute atomic E-state index is 13.7. The summed E-state index contributed by atoms with van der Waals surface area (Å²) in [6, 6.07) is 9.62. The minimum Gasteiger partial charge on any atom is -0.489 e. The largest absolute Gasteiger partial charge is 0.489 e. The number of carbonyl (C=O) groups excluding carboxylic acids is 1. The zero-order valence-corrected chi connectivity index (χ0v) is 12.5. The first-order chi connectivity index (χ1) is 10.1. The van der Waals surface area contributed by atoms with E-state index in [0.29, 0.717) is 28.9 Å². The van der Waals surface area contributed by atoms with Gasteiger partial charge in [0.25, 0.3) is 5.91 Å². The molecular formula is C15H12BrFN2O2. The molecule has 0 bridgehead atoms. The van der Waals surface area contributed by atoms with Crippen LogP contribution in [0.5, 0.6) is 5.75 Å². The summed E-state index contributed by atoms with van der Waals surface area (Å²) in [5.41, 5.74) is 1.26. The van der Waals surface area contributed by atoms with Crippen molar-refractivity contribution < 1.29 is 13.9 Å². The highest BCUT2D eigenvalue weighted by atomic mass is 79.9. The average molecular weight is 351 g/mol. The van der Waals surface area contributed by atoms with Crippen LogP contribution in [-0.2, 0) is 0 Å². The summed E-state index contributed by atoms with van der Waals surface area (Å²) >= 11 is 3.25. The van der Waals surface area contributed by atoms with Crippen LogP contribution in [0.2, 0.25) is 0 Å². The molecule has 0 unspecified atom stereocenters. The van der Waals surface area contributed by atoms with Gasteiger partial charge in [-0.1, -0.05) is 22.0 Å². The van der Waals surface area contributed by atoms with Crippen molar-refractivity contribution in [2.24, 2.45) is 0 Å². The highest BCUT2D eigenvalue weighted by Crippen LogP contribution is 2.32. The van der Waals surface area contributed by atoms with Crippen LogP contribution < -0.4 is 15.4 Å². The maximum Gasteiger partial charge on any atom is 0.259 e. The second-order valence-corrected chi connectivity index (χ2v) is 5.45. The van der Waals surface area contributed by atoms with Gasteiger partial charge in [-0.25, -0.2) is 4.39 Å². The van der Waals surface area contributed by atoms with Gasteiger partial charge in [0.2, 0.25) is 0 Å². The summed E-state index contributed by atoms with van der Waals surface area (Å²) in [4.78, 5) is 12.3. The number of hydrogen-bond donors (Lipinski definition) is 2. The summed E-state index contributed by atoms with van der Waals surface area (Å²) in [6.07, 6.45) is 0. The number of para-hydroxylation sites is 1. The van der Waals surface area contributed by atoms with E-state index in [1.807, 2.05) is 6.07 Å². The molecule has 1 aliphatic heterocycles. The second-order valence-electron chi connectivity index (χ2n) is 4.54. The molecule has 108 valence electrons. The zero-order valence-electron chi connectivity index (χ0n) is 11.0. The lowest BCUT2D eigenvalue weighted by Crippen LogP contribution is -2.22. The van der Waals surface area contributed by atoms with Gasteiger partial charge in [-0.2, -0.15) is 0 Å². The summed E-state index contributed by atoms with van der Waals surface area (Å²) in [5.74, 6) is -0.403. The van der Waals surface area contributed by atoms with Crippen molar-refractivity contribution in [3.8, 4) is 5.75 Å². The van der Waals surface area contributed by atoms with Crippen LogP contribution in [0.3, 0.4) is 0 Å². The quantitative estimate of drug-likeness (QED) is 0.869. The van der Waals surface area contributed by atoms with Crippen molar-refractivity contribution in [1.29, 1.82) is 0 Å². The number of rotatable bonds is 2. The van der Waals surface area contributed by atoms with E-state index in [1.165, 1.54) is 12.1 Å². The fourth-order valence-corrected chi connectivity index (χ4v) is 2.49. The van der Waals surface area contributed by atoms with Gasteiger partial charge < -0.3 is 15.4 Å². The molecule has 6 heteroatoms. The molecule has 2 N–H and O–H groups in total. The molecule has 2 aromatic carbocycles. The first kappa shape index (κ1) is 13.9. The monoisotopic (exact) mass is 350 g/mol. The van der Waals surface area contributed by atoms with Crippen molar-refractivity contribution in [3.63, 3.8) is 0 Å². The van der Waals surface area contributed by atoms with Gasteiger partial charge in [0.05, 0.1) is 16.9 Å². The number of hydrogen-bond acceptors (Lipinski definition) is 3. The van der Waals surface area contributed by atoms with Gasteiger partial charge in [-0.15, -0.1) is 0 Å². The minimum absolute atomic E-state index is 0.121. The third kappa shape index (κ3) is 2.85. The Morgan fingerprint density at radius 2 is 2.19 bits per heavy atom. The van der Waals surface area contributed by atoms with E-state index in [9.17, 15) is 9.18 Å². The normalized spacial score (nSPS) is 12.9. The molecule has 1 heterocycles. The number of ether oxygens (including phenoxy) is 1. The Morgan fingerprint density at radius 3 is 3.05 bits per heavy atom. The maximum atomic E-state index is 13.7. The number of fused-ring (bicyclic) bond motifs is 1. The molecule has 0 spiro atoms. The number of anilines is 2. The number of carbonyl (C=O) groups is 1.